The third-order valence-electron chi connectivity index (χ3n) is 0.538. The van der Waals surface area contributed by atoms with Crippen LogP contribution in [0.1, 0.15) is 0 Å². The quantitative estimate of drug-likeness (QED) is 0.388. The minimum atomic E-state index is -2.49. The second-order valence-electron chi connectivity index (χ2n) is 1.17. The number of carbonyl (C=O) groups excluding carboxylic acids is 1. The van der Waals surface area contributed by atoms with Crippen molar-refractivity contribution in [1.82, 2.24) is 0 Å². The SMILES string of the molecule is O=CC(CO)OS(=O)O. The summed E-state index contributed by atoms with van der Waals surface area (Å²) in [5.41, 5.74) is 0. The lowest BCUT2D eigenvalue weighted by Crippen LogP contribution is -2.19. The monoisotopic (exact) mass is 154 g/mol. The summed E-state index contributed by atoms with van der Waals surface area (Å²) >= 11 is -2.49. The van der Waals surface area contributed by atoms with Crippen molar-refractivity contribution in [3.05, 3.63) is 0 Å². The molecule has 2 unspecified atom stereocenters. The molecule has 2 atom stereocenters. The normalized spacial score (nSPS) is 16.7. The van der Waals surface area contributed by atoms with E-state index in [-0.39, 0.29) is 6.29 Å². The maximum Gasteiger partial charge on any atom is 0.302 e. The fraction of sp³-hybridized carbons (Fsp3) is 0.667. The average Bonchev–Trinajstić information content (AvgIpc) is 1.82. The third-order valence-corrected chi connectivity index (χ3v) is 0.949. The van der Waals surface area contributed by atoms with E-state index in [1.807, 2.05) is 0 Å². The maximum atomic E-state index is 9.75. The van der Waals surface area contributed by atoms with Crippen LogP contribution in [-0.4, -0.2) is 32.9 Å². The Bertz CT molecular complexity index is 113. The molecule has 5 nitrogen and oxygen atoms in total. The molecule has 0 aliphatic rings. The Morgan fingerprint density at radius 3 is 2.44 bits per heavy atom. The Morgan fingerprint density at radius 2 is 2.33 bits per heavy atom. The number of hydrogen-bond acceptors (Lipinski definition) is 4. The first-order valence-electron chi connectivity index (χ1n) is 2.05. The molecule has 2 N–H and O–H groups in total. The van der Waals surface area contributed by atoms with Gasteiger partial charge in [0.1, 0.15) is 0 Å². The molecule has 0 fully saturated rings. The van der Waals surface area contributed by atoms with Crippen LogP contribution in [0.25, 0.3) is 0 Å². The molecule has 0 radical (unpaired) electrons. The van der Waals surface area contributed by atoms with E-state index < -0.39 is 24.1 Å². The number of aliphatic hydroxyl groups is 1. The second kappa shape index (κ2) is 4.57. The lowest BCUT2D eigenvalue weighted by atomic mass is 10.4. The van der Waals surface area contributed by atoms with Crippen LogP contribution in [0, 0.1) is 0 Å². The molecule has 9 heavy (non-hydrogen) atoms. The number of aldehydes is 1. The summed E-state index contributed by atoms with van der Waals surface area (Å²) in [5.74, 6) is 0. The standard InChI is InChI=1S/C3H6O5S/c4-1-3(2-5)8-9(6)7/h1,3,5H,2H2,(H,6,7). The summed E-state index contributed by atoms with van der Waals surface area (Å²) < 4.78 is 21.7. The summed E-state index contributed by atoms with van der Waals surface area (Å²) in [6.45, 7) is -0.587. The Hall–Kier alpha value is -0.300. The molecular weight excluding hydrogens is 148 g/mol. The van der Waals surface area contributed by atoms with Gasteiger partial charge in [-0.1, -0.05) is 0 Å². The van der Waals surface area contributed by atoms with E-state index in [1.54, 1.807) is 0 Å². The van der Waals surface area contributed by atoms with Crippen LogP contribution in [0.5, 0.6) is 0 Å². The second-order valence-corrected chi connectivity index (χ2v) is 1.80. The van der Waals surface area contributed by atoms with Gasteiger partial charge in [0.2, 0.25) is 0 Å². The first kappa shape index (κ1) is 8.70. The van der Waals surface area contributed by atoms with Gasteiger partial charge in [0.25, 0.3) is 0 Å². The van der Waals surface area contributed by atoms with E-state index in [2.05, 4.69) is 4.18 Å². The van der Waals surface area contributed by atoms with E-state index in [9.17, 15) is 9.00 Å². The van der Waals surface area contributed by atoms with Crippen LogP contribution in [0.15, 0.2) is 0 Å². The van der Waals surface area contributed by atoms with Crippen molar-refractivity contribution in [2.45, 2.75) is 6.10 Å². The van der Waals surface area contributed by atoms with Crippen molar-refractivity contribution in [3.63, 3.8) is 0 Å². The van der Waals surface area contributed by atoms with Crippen molar-refractivity contribution in [2.75, 3.05) is 6.61 Å². The van der Waals surface area contributed by atoms with E-state index in [0.717, 1.165) is 0 Å². The minimum absolute atomic E-state index is 0.244. The van der Waals surface area contributed by atoms with Crippen LogP contribution in [0.3, 0.4) is 0 Å². The number of aliphatic hydroxyl groups excluding tert-OH is 1. The largest absolute Gasteiger partial charge is 0.393 e. The molecule has 0 aliphatic carbocycles. The maximum absolute atomic E-state index is 9.75. The molecule has 0 aliphatic heterocycles. The van der Waals surface area contributed by atoms with Crippen LogP contribution in [-0.2, 0) is 20.3 Å². The van der Waals surface area contributed by atoms with Gasteiger partial charge in [-0.15, -0.1) is 0 Å². The molecule has 0 aromatic heterocycles. The zero-order valence-electron chi connectivity index (χ0n) is 4.39. The minimum Gasteiger partial charge on any atom is -0.393 e. The van der Waals surface area contributed by atoms with Crippen LogP contribution in [0.2, 0.25) is 0 Å². The number of hydrogen-bond donors (Lipinski definition) is 2. The molecule has 0 amide bonds. The van der Waals surface area contributed by atoms with Gasteiger partial charge in [-0.25, -0.2) is 0 Å². The molecule has 54 valence electrons. The Morgan fingerprint density at radius 1 is 1.78 bits per heavy atom. The molecule has 0 heterocycles. The average molecular weight is 154 g/mol. The van der Waals surface area contributed by atoms with Gasteiger partial charge in [-0.3, -0.25) is 8.74 Å². The Labute approximate surface area is 54.1 Å². The molecule has 0 saturated heterocycles. The number of rotatable bonds is 4. The van der Waals surface area contributed by atoms with Gasteiger partial charge < -0.3 is 9.90 Å². The van der Waals surface area contributed by atoms with E-state index in [0.29, 0.717) is 0 Å². The molecule has 0 aromatic rings. The van der Waals surface area contributed by atoms with E-state index in [1.165, 1.54) is 0 Å². The first-order chi connectivity index (χ1) is 4.20. The molecule has 0 spiro atoms. The smallest absolute Gasteiger partial charge is 0.302 e. The summed E-state index contributed by atoms with van der Waals surface area (Å²) in [7, 11) is 0. The van der Waals surface area contributed by atoms with Crippen molar-refractivity contribution in [1.29, 1.82) is 0 Å². The Kier molecular flexibility index (Phi) is 4.41. The zero-order valence-corrected chi connectivity index (χ0v) is 5.21. The highest BCUT2D eigenvalue weighted by Crippen LogP contribution is 1.87. The van der Waals surface area contributed by atoms with Gasteiger partial charge >= 0.3 is 11.4 Å². The fourth-order valence-corrected chi connectivity index (χ4v) is 0.520. The van der Waals surface area contributed by atoms with Crippen LogP contribution in [0.4, 0.5) is 0 Å². The predicted molar refractivity (Wildman–Crippen MR) is 28.8 cm³/mol. The molecule has 6 heteroatoms. The van der Waals surface area contributed by atoms with Crippen LogP contribution < -0.4 is 0 Å². The first-order valence-corrected chi connectivity index (χ1v) is 3.08. The van der Waals surface area contributed by atoms with Gasteiger partial charge in [0.05, 0.1) is 6.61 Å². The van der Waals surface area contributed by atoms with Crippen molar-refractivity contribution in [2.24, 2.45) is 0 Å². The molecule has 0 bridgehead atoms. The lowest BCUT2D eigenvalue weighted by molar-refractivity contribution is -0.115. The summed E-state index contributed by atoms with van der Waals surface area (Å²) in [6.07, 6.45) is -0.954. The fourth-order valence-electron chi connectivity index (χ4n) is 0.202. The summed E-state index contributed by atoms with van der Waals surface area (Å²) in [5, 5.41) is 8.17. The topological polar surface area (TPSA) is 83.8 Å². The summed E-state index contributed by atoms with van der Waals surface area (Å²) in [4.78, 5) is 9.74. The highest BCUT2D eigenvalue weighted by atomic mass is 32.2. The number of carbonyl (C=O) groups is 1. The molecular formula is C3H6O5S. The van der Waals surface area contributed by atoms with Gasteiger partial charge in [-0.05, 0) is 0 Å². The van der Waals surface area contributed by atoms with Crippen molar-refractivity contribution >= 4 is 17.6 Å². The Balaban J connectivity index is 3.55. The van der Waals surface area contributed by atoms with Gasteiger partial charge in [-0.2, -0.15) is 4.21 Å². The lowest BCUT2D eigenvalue weighted by Gasteiger charge is -2.00. The highest BCUT2D eigenvalue weighted by molar-refractivity contribution is 7.74. The van der Waals surface area contributed by atoms with Gasteiger partial charge in [0, 0.05) is 0 Å². The zero-order chi connectivity index (χ0) is 7.28. The molecule has 0 rings (SSSR count). The predicted octanol–water partition coefficient (Wildman–Crippen LogP) is -1.30. The van der Waals surface area contributed by atoms with E-state index >= 15 is 0 Å². The van der Waals surface area contributed by atoms with Crippen LogP contribution >= 0.6 is 0 Å². The summed E-state index contributed by atoms with van der Waals surface area (Å²) in [6, 6.07) is 0. The van der Waals surface area contributed by atoms with Crippen molar-refractivity contribution < 1.29 is 22.8 Å². The van der Waals surface area contributed by atoms with E-state index in [4.69, 9.17) is 9.66 Å². The van der Waals surface area contributed by atoms with Gasteiger partial charge in [0.15, 0.2) is 12.4 Å². The highest BCUT2D eigenvalue weighted by Gasteiger charge is 2.07. The molecule has 0 aromatic carbocycles. The third kappa shape index (κ3) is 4.22. The van der Waals surface area contributed by atoms with Crippen molar-refractivity contribution in [3.8, 4) is 0 Å². The molecule has 0 saturated carbocycles.